The molecule has 5 heteroatoms. The van der Waals surface area contributed by atoms with Gasteiger partial charge in [0.25, 0.3) is 0 Å². The Bertz CT molecular complexity index is 1060. The van der Waals surface area contributed by atoms with E-state index in [-0.39, 0.29) is 0 Å². The van der Waals surface area contributed by atoms with Gasteiger partial charge < -0.3 is 15.1 Å². The van der Waals surface area contributed by atoms with E-state index in [1.807, 2.05) is 0 Å². The highest BCUT2D eigenvalue weighted by Gasteiger charge is 2.23. The number of anilines is 2. The van der Waals surface area contributed by atoms with Gasteiger partial charge in [-0.25, -0.2) is 9.97 Å². The predicted molar refractivity (Wildman–Crippen MR) is 138 cm³/mol. The normalized spacial score (nSPS) is 17.6. The van der Waals surface area contributed by atoms with Gasteiger partial charge in [-0.15, -0.1) is 0 Å². The molecule has 2 aromatic heterocycles. The van der Waals surface area contributed by atoms with Crippen molar-refractivity contribution in [2.24, 2.45) is 0 Å². The van der Waals surface area contributed by atoms with Gasteiger partial charge in [-0.05, 0) is 78.2 Å². The molecular formula is C27H39N5. The summed E-state index contributed by atoms with van der Waals surface area (Å²) in [5.41, 5.74) is 2.11. The zero-order chi connectivity index (χ0) is 22.7. The number of para-hydroxylation sites is 1. The first-order valence-corrected chi connectivity index (χ1v) is 12.5. The van der Waals surface area contributed by atoms with Gasteiger partial charge in [0.1, 0.15) is 11.6 Å². The molecule has 0 saturated carbocycles. The maximum Gasteiger partial charge on any atom is 0.136 e. The van der Waals surface area contributed by atoms with Crippen molar-refractivity contribution in [3.05, 3.63) is 36.0 Å². The molecule has 0 radical (unpaired) electrons. The molecule has 4 rings (SSSR count). The Kier molecular flexibility index (Phi) is 7.14. The second kappa shape index (κ2) is 10.0. The van der Waals surface area contributed by atoms with Crippen molar-refractivity contribution < 1.29 is 0 Å². The van der Waals surface area contributed by atoms with E-state index < -0.39 is 0 Å². The monoisotopic (exact) mass is 433 g/mol. The zero-order valence-corrected chi connectivity index (χ0v) is 20.5. The van der Waals surface area contributed by atoms with Crippen LogP contribution in [0.5, 0.6) is 0 Å². The molecule has 1 aromatic carbocycles. The molecule has 1 aliphatic heterocycles. The summed E-state index contributed by atoms with van der Waals surface area (Å²) in [4.78, 5) is 15.1. The molecule has 1 saturated heterocycles. The summed E-state index contributed by atoms with van der Waals surface area (Å²) in [7, 11) is 0. The van der Waals surface area contributed by atoms with Crippen LogP contribution in [0.4, 0.5) is 11.6 Å². The van der Waals surface area contributed by atoms with Gasteiger partial charge in [-0.3, -0.25) is 0 Å². The number of aryl methyl sites for hydroxylation is 1. The Balaban J connectivity index is 1.67. The van der Waals surface area contributed by atoms with Crippen molar-refractivity contribution in [2.75, 3.05) is 36.4 Å². The Morgan fingerprint density at radius 2 is 1.94 bits per heavy atom. The fraction of sp³-hybridized carbons (Fsp3) is 0.556. The molecule has 172 valence electrons. The molecule has 5 nitrogen and oxygen atoms in total. The number of nitrogens with zero attached hydrogens (tertiary/aromatic N) is 4. The summed E-state index contributed by atoms with van der Waals surface area (Å²) in [6.07, 6.45) is 4.81. The molecule has 3 aromatic rings. The topological polar surface area (TPSA) is 44.3 Å². The Morgan fingerprint density at radius 1 is 1.16 bits per heavy atom. The Morgan fingerprint density at radius 3 is 2.66 bits per heavy atom. The molecule has 0 amide bonds. The third-order valence-electron chi connectivity index (χ3n) is 7.09. The highest BCUT2D eigenvalue weighted by Crippen LogP contribution is 2.35. The summed E-state index contributed by atoms with van der Waals surface area (Å²) in [6, 6.07) is 11.7. The van der Waals surface area contributed by atoms with Gasteiger partial charge in [0.2, 0.25) is 0 Å². The first-order chi connectivity index (χ1) is 15.5. The number of nitrogens with one attached hydrogen (secondary N) is 1. The van der Waals surface area contributed by atoms with Crippen LogP contribution in [0.2, 0.25) is 0 Å². The van der Waals surface area contributed by atoms with Crippen LogP contribution in [-0.4, -0.2) is 53.1 Å². The lowest BCUT2D eigenvalue weighted by atomic mass is 10.0. The quantitative estimate of drug-likeness (QED) is 0.419. The third-order valence-corrected chi connectivity index (χ3v) is 7.09. The van der Waals surface area contributed by atoms with E-state index in [0.717, 1.165) is 60.8 Å². The Labute approximate surface area is 193 Å². The fourth-order valence-electron chi connectivity index (χ4n) is 5.13. The second-order valence-electron chi connectivity index (χ2n) is 9.37. The molecule has 0 bridgehead atoms. The van der Waals surface area contributed by atoms with E-state index in [1.54, 1.807) is 0 Å². The van der Waals surface area contributed by atoms with Crippen molar-refractivity contribution in [1.29, 1.82) is 0 Å². The Hall–Kier alpha value is -2.40. The summed E-state index contributed by atoms with van der Waals surface area (Å²) < 4.78 is 0. The maximum atomic E-state index is 5.06. The molecule has 1 N–H and O–H groups in total. The van der Waals surface area contributed by atoms with Gasteiger partial charge in [0, 0.05) is 34.8 Å². The van der Waals surface area contributed by atoms with Gasteiger partial charge in [-0.1, -0.05) is 32.0 Å². The second-order valence-corrected chi connectivity index (χ2v) is 9.37. The number of fused-ring (bicyclic) bond motifs is 3. The van der Waals surface area contributed by atoms with E-state index in [1.165, 1.54) is 30.0 Å². The minimum atomic E-state index is 0.361. The number of benzene rings is 1. The van der Waals surface area contributed by atoms with Gasteiger partial charge in [0.05, 0.1) is 11.2 Å². The van der Waals surface area contributed by atoms with Gasteiger partial charge >= 0.3 is 0 Å². The van der Waals surface area contributed by atoms with Crippen LogP contribution in [0.1, 0.15) is 59.1 Å². The first kappa shape index (κ1) is 22.8. The number of hydrogen-bond donors (Lipinski definition) is 1. The zero-order valence-electron chi connectivity index (χ0n) is 20.5. The SMILES string of the molecule is CCN(CC)CCCC(C)Nc1nc2ccccc2c2cc(N3CCCC3C)nc(C)c12. The molecule has 1 fully saturated rings. The largest absolute Gasteiger partial charge is 0.367 e. The third kappa shape index (κ3) is 4.68. The lowest BCUT2D eigenvalue weighted by Gasteiger charge is -2.25. The first-order valence-electron chi connectivity index (χ1n) is 12.5. The minimum Gasteiger partial charge on any atom is -0.367 e. The van der Waals surface area contributed by atoms with E-state index in [0.29, 0.717) is 12.1 Å². The molecule has 1 aliphatic rings. The fourth-order valence-corrected chi connectivity index (χ4v) is 5.13. The average molecular weight is 434 g/mol. The molecule has 32 heavy (non-hydrogen) atoms. The van der Waals surface area contributed by atoms with E-state index >= 15 is 0 Å². The predicted octanol–water partition coefficient (Wildman–Crippen LogP) is 6.00. The van der Waals surface area contributed by atoms with Crippen LogP contribution < -0.4 is 10.2 Å². The summed E-state index contributed by atoms with van der Waals surface area (Å²) in [5.74, 6) is 2.08. The number of aromatic nitrogens is 2. The van der Waals surface area contributed by atoms with Gasteiger partial charge in [-0.2, -0.15) is 0 Å². The van der Waals surface area contributed by atoms with Crippen molar-refractivity contribution in [3.63, 3.8) is 0 Å². The van der Waals surface area contributed by atoms with Crippen LogP contribution in [0.15, 0.2) is 30.3 Å². The van der Waals surface area contributed by atoms with Crippen LogP contribution in [-0.2, 0) is 0 Å². The minimum absolute atomic E-state index is 0.361. The van der Waals surface area contributed by atoms with Gasteiger partial charge in [0.15, 0.2) is 0 Å². The highest BCUT2D eigenvalue weighted by atomic mass is 15.2. The van der Waals surface area contributed by atoms with E-state index in [9.17, 15) is 0 Å². The van der Waals surface area contributed by atoms with Crippen LogP contribution in [0.25, 0.3) is 21.7 Å². The molecular weight excluding hydrogens is 394 g/mol. The lowest BCUT2D eigenvalue weighted by Crippen LogP contribution is -2.27. The highest BCUT2D eigenvalue weighted by molar-refractivity contribution is 6.11. The smallest absolute Gasteiger partial charge is 0.136 e. The van der Waals surface area contributed by atoms with Crippen molar-refractivity contribution in [3.8, 4) is 0 Å². The van der Waals surface area contributed by atoms with Crippen molar-refractivity contribution >= 4 is 33.3 Å². The summed E-state index contributed by atoms with van der Waals surface area (Å²) in [6.45, 7) is 15.7. The maximum absolute atomic E-state index is 5.06. The molecule has 0 aliphatic carbocycles. The lowest BCUT2D eigenvalue weighted by molar-refractivity contribution is 0.295. The van der Waals surface area contributed by atoms with Crippen molar-refractivity contribution in [2.45, 2.75) is 72.4 Å². The standard InChI is InChI=1S/C27H39N5/c1-6-31(7-2)16-10-12-19(3)28-27-26-21(5)29-25(32-17-11-13-20(32)4)18-23(26)22-14-8-9-15-24(22)30-27/h8-9,14-15,18-20H,6-7,10-13,16-17H2,1-5H3,(H,28,30). The van der Waals surface area contributed by atoms with E-state index in [2.05, 4.69) is 80.1 Å². The van der Waals surface area contributed by atoms with Crippen molar-refractivity contribution in [1.82, 2.24) is 14.9 Å². The molecule has 3 heterocycles. The molecule has 0 spiro atoms. The number of hydrogen-bond acceptors (Lipinski definition) is 5. The number of rotatable bonds is 9. The van der Waals surface area contributed by atoms with E-state index in [4.69, 9.17) is 9.97 Å². The molecule has 2 unspecified atom stereocenters. The molecule has 2 atom stereocenters. The summed E-state index contributed by atoms with van der Waals surface area (Å²) >= 11 is 0. The van der Waals surface area contributed by atoms with Crippen LogP contribution in [0, 0.1) is 6.92 Å². The average Bonchev–Trinajstić information content (AvgIpc) is 3.22. The summed E-state index contributed by atoms with van der Waals surface area (Å²) in [5, 5.41) is 7.37. The number of pyridine rings is 2. The van der Waals surface area contributed by atoms with Crippen LogP contribution in [0.3, 0.4) is 0 Å². The van der Waals surface area contributed by atoms with Crippen LogP contribution >= 0.6 is 0 Å².